The molecule has 5 nitrogen and oxygen atoms in total. The lowest BCUT2D eigenvalue weighted by Gasteiger charge is -2.37. The van der Waals surface area contributed by atoms with E-state index in [0.29, 0.717) is 14.1 Å². The number of nitrogens with zero attached hydrogens (tertiary/aromatic N) is 1. The van der Waals surface area contributed by atoms with Crippen LogP contribution in [0.25, 0.3) is 0 Å². The first-order chi connectivity index (χ1) is 12.1. The number of rotatable bonds is 7. The summed E-state index contributed by atoms with van der Waals surface area (Å²) in [5.74, 6) is -0.0305. The van der Waals surface area contributed by atoms with Crippen LogP contribution in [0.5, 0.6) is 0 Å². The van der Waals surface area contributed by atoms with Crippen LogP contribution >= 0.6 is 0 Å². The first-order valence-corrected chi connectivity index (χ1v) is 9.51. The maximum atomic E-state index is 11.8. The molecule has 0 saturated carbocycles. The predicted octanol–water partition coefficient (Wildman–Crippen LogP) is 2.01. The number of piperidine rings is 1. The van der Waals surface area contributed by atoms with Gasteiger partial charge in [0.2, 0.25) is 0 Å². The summed E-state index contributed by atoms with van der Waals surface area (Å²) < 4.78 is 11.0. The molecule has 1 aliphatic rings. The Morgan fingerprint density at radius 2 is 1.77 bits per heavy atom. The molecule has 0 aliphatic carbocycles. The number of ether oxygens (including phenoxy) is 1. The molecule has 1 saturated heterocycles. The smallest absolute Gasteiger partial charge is 0.309 e. The Labute approximate surface area is 157 Å². The summed E-state index contributed by atoms with van der Waals surface area (Å²) in [6.07, 6.45) is 1.67. The second-order valence-corrected chi connectivity index (χ2v) is 8.04. The molecule has 26 heavy (non-hydrogen) atoms. The largest absolute Gasteiger partial charge is 0.466 e. The zero-order valence-electron chi connectivity index (χ0n) is 16.7. The molecule has 2 rings (SSSR count). The van der Waals surface area contributed by atoms with Crippen LogP contribution < -0.4 is 10.4 Å². The normalized spacial score (nSPS) is 16.5. The van der Waals surface area contributed by atoms with E-state index in [1.54, 1.807) is 13.8 Å². The molecule has 0 unspecified atom stereocenters. The fourth-order valence-electron chi connectivity index (χ4n) is 2.88. The van der Waals surface area contributed by atoms with Gasteiger partial charge in [-0.2, -0.15) is 0 Å². The van der Waals surface area contributed by atoms with Crippen molar-refractivity contribution >= 4 is 24.6 Å². The molecule has 144 valence electrons. The summed E-state index contributed by atoms with van der Waals surface area (Å²) in [5, 5.41) is 10.2. The predicted molar refractivity (Wildman–Crippen MR) is 106 cm³/mol. The first-order valence-electron chi connectivity index (χ1n) is 9.51. The Morgan fingerprint density at radius 1 is 1.19 bits per heavy atom. The van der Waals surface area contributed by atoms with E-state index in [-0.39, 0.29) is 11.9 Å². The molecule has 0 radical (unpaired) electrons. The van der Waals surface area contributed by atoms with Gasteiger partial charge in [-0.15, -0.1) is 0 Å². The van der Waals surface area contributed by atoms with E-state index < -0.39 is 11.2 Å². The minimum absolute atomic E-state index is 0.0305. The van der Waals surface area contributed by atoms with Gasteiger partial charge in [0.25, 0.3) is 0 Å². The van der Waals surface area contributed by atoms with Gasteiger partial charge in [-0.1, -0.05) is 17.6 Å². The van der Waals surface area contributed by atoms with Crippen molar-refractivity contribution in [3.05, 3.63) is 24.3 Å². The van der Waals surface area contributed by atoms with Crippen molar-refractivity contribution in [3.63, 3.8) is 0 Å². The van der Waals surface area contributed by atoms with Gasteiger partial charge in [0.15, 0.2) is 0 Å². The zero-order chi connectivity index (χ0) is 19.4. The Bertz CT molecular complexity index is 587. The van der Waals surface area contributed by atoms with Gasteiger partial charge in [0.1, 0.15) is 0 Å². The van der Waals surface area contributed by atoms with E-state index in [1.165, 1.54) is 0 Å². The minimum atomic E-state index is -0.907. The molecule has 1 aromatic carbocycles. The van der Waals surface area contributed by atoms with Crippen molar-refractivity contribution in [2.75, 3.05) is 24.6 Å². The summed E-state index contributed by atoms with van der Waals surface area (Å²) in [6, 6.07) is 8.32. The number of benzene rings is 1. The molecule has 1 aliphatic heterocycles. The quantitative estimate of drug-likeness (QED) is 0.595. The van der Waals surface area contributed by atoms with Gasteiger partial charge in [-0.25, -0.2) is 0 Å². The van der Waals surface area contributed by atoms with Crippen molar-refractivity contribution in [1.29, 1.82) is 0 Å². The van der Waals surface area contributed by atoms with E-state index in [0.717, 1.165) is 37.1 Å². The highest BCUT2D eigenvalue weighted by atomic mass is 16.5. The second-order valence-electron chi connectivity index (χ2n) is 8.04. The number of esters is 1. The number of hydrogen-bond donors (Lipinski definition) is 1. The topological polar surface area (TPSA) is 59.0 Å². The number of aliphatic hydroxyl groups is 1. The number of hydrogen-bond acceptors (Lipinski definition) is 5. The molecular formula is C20H32BNO4. The van der Waals surface area contributed by atoms with E-state index in [9.17, 15) is 9.90 Å². The molecule has 1 N–H and O–H groups in total. The fraction of sp³-hybridized carbons (Fsp3) is 0.650. The van der Waals surface area contributed by atoms with E-state index in [4.69, 9.17) is 9.39 Å². The van der Waals surface area contributed by atoms with Crippen LogP contribution in [0.2, 0.25) is 0 Å². The zero-order valence-corrected chi connectivity index (χ0v) is 16.7. The van der Waals surface area contributed by atoms with Gasteiger partial charge in [-0.05, 0) is 59.6 Å². The number of anilines is 1. The van der Waals surface area contributed by atoms with Gasteiger partial charge < -0.3 is 19.4 Å². The molecule has 0 aromatic heterocycles. The molecule has 6 heteroatoms. The Hall–Kier alpha value is -1.53. The summed E-state index contributed by atoms with van der Waals surface area (Å²) >= 11 is 0. The minimum Gasteiger partial charge on any atom is -0.466 e. The Balaban J connectivity index is 1.87. The maximum absolute atomic E-state index is 11.8. The van der Waals surface area contributed by atoms with Crippen LogP contribution in [-0.4, -0.2) is 49.5 Å². The van der Waals surface area contributed by atoms with Crippen LogP contribution in [0, 0.1) is 5.92 Å². The van der Waals surface area contributed by atoms with Gasteiger partial charge in [0.05, 0.1) is 23.7 Å². The highest BCUT2D eigenvalue weighted by molar-refractivity contribution is 6.47. The lowest BCUT2D eigenvalue weighted by molar-refractivity contribution is -0.148. The van der Waals surface area contributed by atoms with E-state index >= 15 is 0 Å². The van der Waals surface area contributed by atoms with Gasteiger partial charge in [-0.3, -0.25) is 4.79 Å². The van der Waals surface area contributed by atoms with Crippen LogP contribution in [0.3, 0.4) is 0 Å². The summed E-state index contributed by atoms with van der Waals surface area (Å²) in [4.78, 5) is 14.1. The molecule has 1 heterocycles. The lowest BCUT2D eigenvalue weighted by atomic mass is 9.82. The average Bonchev–Trinajstić information content (AvgIpc) is 2.60. The third kappa shape index (κ3) is 5.24. The molecule has 0 spiro atoms. The van der Waals surface area contributed by atoms with Gasteiger partial charge in [0, 0.05) is 18.8 Å². The highest BCUT2D eigenvalue weighted by Gasteiger charge is 2.35. The fourth-order valence-corrected chi connectivity index (χ4v) is 2.88. The van der Waals surface area contributed by atoms with Crippen LogP contribution in [0.1, 0.15) is 47.5 Å². The van der Waals surface area contributed by atoms with Crippen LogP contribution in [-0.2, 0) is 14.2 Å². The molecule has 0 amide bonds. The lowest BCUT2D eigenvalue weighted by Crippen LogP contribution is -2.49. The Kier molecular flexibility index (Phi) is 6.75. The molecule has 1 fully saturated rings. The number of carbonyl (C=O) groups is 1. The van der Waals surface area contributed by atoms with E-state index in [2.05, 4.69) is 29.2 Å². The third-order valence-corrected chi connectivity index (χ3v) is 5.49. The van der Waals surface area contributed by atoms with Crippen molar-refractivity contribution in [1.82, 2.24) is 0 Å². The third-order valence-electron chi connectivity index (χ3n) is 5.49. The maximum Gasteiger partial charge on any atom is 0.309 e. The summed E-state index contributed by atoms with van der Waals surface area (Å²) in [7, 11) is 0.461. The molecule has 0 atom stereocenters. The second kappa shape index (κ2) is 8.44. The van der Waals surface area contributed by atoms with Crippen LogP contribution in [0.15, 0.2) is 24.3 Å². The van der Waals surface area contributed by atoms with Gasteiger partial charge >= 0.3 is 13.5 Å². The Morgan fingerprint density at radius 3 is 2.27 bits per heavy atom. The first kappa shape index (κ1) is 20.8. The molecule has 1 aromatic rings. The highest BCUT2D eigenvalue weighted by Crippen LogP contribution is 2.25. The summed E-state index contributed by atoms with van der Waals surface area (Å²) in [5.41, 5.74) is 0.710. The average molecular weight is 361 g/mol. The summed E-state index contributed by atoms with van der Waals surface area (Å²) in [6.45, 7) is 11.3. The standard InChI is InChI=1S/C20H32BNO4/c1-6-25-18(23)15-11-13-22(14-12-15)17-9-7-16(8-10-17)21-26-20(4,5)19(2,3)24/h7-10,15,21,24H,6,11-14H2,1-5H3. The van der Waals surface area contributed by atoms with Crippen molar-refractivity contribution in [3.8, 4) is 0 Å². The number of carbonyl (C=O) groups excluding carboxylic acids is 1. The van der Waals surface area contributed by atoms with Crippen LogP contribution in [0.4, 0.5) is 5.69 Å². The molecule has 0 bridgehead atoms. The monoisotopic (exact) mass is 361 g/mol. The van der Waals surface area contributed by atoms with Crippen molar-refractivity contribution in [2.45, 2.75) is 58.7 Å². The van der Waals surface area contributed by atoms with Crippen molar-refractivity contribution in [2.24, 2.45) is 5.92 Å². The van der Waals surface area contributed by atoms with Crippen molar-refractivity contribution < 1.29 is 19.3 Å². The van der Waals surface area contributed by atoms with E-state index in [1.807, 2.05) is 20.8 Å². The SMILES string of the molecule is CCOC(=O)C1CCN(c2ccc(BOC(C)(C)C(C)(C)O)cc2)CC1. The molecular weight excluding hydrogens is 329 g/mol.